The molecule has 0 aliphatic carbocycles. The van der Waals surface area contributed by atoms with E-state index in [-0.39, 0.29) is 11.5 Å². The molecule has 0 bridgehead atoms. The monoisotopic (exact) mass is 381 g/mol. The number of ether oxygens (including phenoxy) is 2. The summed E-state index contributed by atoms with van der Waals surface area (Å²) in [5.41, 5.74) is 1.59. The molecule has 1 aromatic carbocycles. The summed E-state index contributed by atoms with van der Waals surface area (Å²) >= 11 is 0. The Labute approximate surface area is 161 Å². The number of aromatic nitrogens is 2. The fourth-order valence-electron chi connectivity index (χ4n) is 2.56. The second-order valence-corrected chi connectivity index (χ2v) is 6.00. The summed E-state index contributed by atoms with van der Waals surface area (Å²) in [6.45, 7) is 7.05. The first-order valence-corrected chi connectivity index (χ1v) is 8.32. The molecule has 0 radical (unpaired) electrons. The van der Waals surface area contributed by atoms with Gasteiger partial charge < -0.3 is 14.8 Å². The standard InChI is InChI=1S/C19H19N5O4/c1-10-8-16(24(23-10)19-20-12(3)11(2)17(25)22-19)21-18(26)14-7-6-13(27-4)9-15(14)28-5/h6-9H,2H2,1,3-5H3,(H,21,26). The van der Waals surface area contributed by atoms with E-state index in [2.05, 4.69) is 27.0 Å². The molecule has 1 N–H and O–H groups in total. The van der Waals surface area contributed by atoms with Crippen LogP contribution in [0.2, 0.25) is 0 Å². The number of methoxy groups -OCH3 is 2. The molecule has 2 amide bonds. The molecule has 0 atom stereocenters. The van der Waals surface area contributed by atoms with Crippen molar-refractivity contribution in [2.45, 2.75) is 13.8 Å². The zero-order valence-electron chi connectivity index (χ0n) is 15.9. The van der Waals surface area contributed by atoms with E-state index in [1.165, 1.54) is 18.9 Å². The number of nitrogens with one attached hydrogen (secondary N) is 1. The lowest BCUT2D eigenvalue weighted by Crippen LogP contribution is -2.25. The number of carbonyl (C=O) groups excluding carboxylic acids is 2. The van der Waals surface area contributed by atoms with Crippen LogP contribution in [0.1, 0.15) is 23.0 Å². The second-order valence-electron chi connectivity index (χ2n) is 6.00. The molecule has 0 saturated carbocycles. The van der Waals surface area contributed by atoms with Crippen LogP contribution in [0.5, 0.6) is 11.5 Å². The Morgan fingerprint density at radius 3 is 2.54 bits per heavy atom. The predicted octanol–water partition coefficient (Wildman–Crippen LogP) is 2.22. The maximum Gasteiger partial charge on any atom is 0.281 e. The van der Waals surface area contributed by atoms with Crippen molar-refractivity contribution >= 4 is 29.3 Å². The number of hydrogen-bond acceptors (Lipinski definition) is 6. The summed E-state index contributed by atoms with van der Waals surface area (Å²) in [6.07, 6.45) is 0. The van der Waals surface area contributed by atoms with Crippen LogP contribution in [-0.4, -0.2) is 47.5 Å². The van der Waals surface area contributed by atoms with Crippen LogP contribution in [0.25, 0.3) is 0 Å². The number of amides is 2. The Morgan fingerprint density at radius 2 is 1.89 bits per heavy atom. The Morgan fingerprint density at radius 1 is 1.14 bits per heavy atom. The van der Waals surface area contributed by atoms with Gasteiger partial charge in [0, 0.05) is 12.1 Å². The molecule has 1 aromatic heterocycles. The summed E-state index contributed by atoms with van der Waals surface area (Å²) in [4.78, 5) is 32.9. The number of anilines is 1. The molecule has 144 valence electrons. The van der Waals surface area contributed by atoms with Crippen molar-refractivity contribution in [1.29, 1.82) is 0 Å². The minimum absolute atomic E-state index is 0.0556. The topological polar surface area (TPSA) is 107 Å². The third kappa shape index (κ3) is 3.54. The van der Waals surface area contributed by atoms with Gasteiger partial charge in [-0.15, -0.1) is 0 Å². The smallest absolute Gasteiger partial charge is 0.281 e. The molecule has 9 nitrogen and oxygen atoms in total. The van der Waals surface area contributed by atoms with Gasteiger partial charge in [0.1, 0.15) is 17.3 Å². The van der Waals surface area contributed by atoms with E-state index < -0.39 is 11.8 Å². The van der Waals surface area contributed by atoms with Crippen molar-refractivity contribution in [1.82, 2.24) is 9.78 Å². The lowest BCUT2D eigenvalue weighted by atomic mass is 10.1. The summed E-state index contributed by atoms with van der Waals surface area (Å²) < 4.78 is 11.7. The number of benzene rings is 1. The van der Waals surface area contributed by atoms with Crippen LogP contribution >= 0.6 is 0 Å². The second kappa shape index (κ2) is 7.47. The molecule has 28 heavy (non-hydrogen) atoms. The molecule has 1 aliphatic rings. The van der Waals surface area contributed by atoms with Gasteiger partial charge in [-0.2, -0.15) is 14.8 Å². The van der Waals surface area contributed by atoms with Gasteiger partial charge in [0.2, 0.25) is 0 Å². The number of rotatable bonds is 4. The molecular weight excluding hydrogens is 362 g/mol. The Bertz CT molecular complexity index is 1050. The van der Waals surface area contributed by atoms with Crippen LogP contribution < -0.4 is 14.8 Å². The van der Waals surface area contributed by atoms with E-state index >= 15 is 0 Å². The van der Waals surface area contributed by atoms with E-state index in [1.807, 2.05) is 0 Å². The van der Waals surface area contributed by atoms with Crippen LogP contribution in [0.15, 0.2) is 46.4 Å². The van der Waals surface area contributed by atoms with Gasteiger partial charge in [-0.1, -0.05) is 6.58 Å². The first-order valence-electron chi connectivity index (χ1n) is 8.32. The highest BCUT2D eigenvalue weighted by atomic mass is 16.5. The molecule has 0 spiro atoms. The predicted molar refractivity (Wildman–Crippen MR) is 105 cm³/mol. The highest BCUT2D eigenvalue weighted by Gasteiger charge is 2.22. The fourth-order valence-corrected chi connectivity index (χ4v) is 2.56. The Hall–Kier alpha value is -3.75. The van der Waals surface area contributed by atoms with Crippen molar-refractivity contribution in [3.63, 3.8) is 0 Å². The van der Waals surface area contributed by atoms with Crippen LogP contribution in [-0.2, 0) is 4.79 Å². The Balaban J connectivity index is 1.95. The van der Waals surface area contributed by atoms with E-state index in [0.29, 0.717) is 34.3 Å². The fraction of sp³-hybridized carbons (Fsp3) is 0.211. The first kappa shape index (κ1) is 19.0. The van der Waals surface area contributed by atoms with Gasteiger partial charge in [0.15, 0.2) is 0 Å². The van der Waals surface area contributed by atoms with Gasteiger partial charge in [0.25, 0.3) is 17.8 Å². The van der Waals surface area contributed by atoms with E-state index in [1.54, 1.807) is 38.1 Å². The van der Waals surface area contributed by atoms with E-state index in [4.69, 9.17) is 9.47 Å². The molecular formula is C19H19N5O4. The molecule has 1 aliphatic heterocycles. The van der Waals surface area contributed by atoms with Crippen molar-refractivity contribution < 1.29 is 19.1 Å². The van der Waals surface area contributed by atoms with Gasteiger partial charge >= 0.3 is 0 Å². The quantitative estimate of drug-likeness (QED) is 0.817. The van der Waals surface area contributed by atoms with Crippen LogP contribution in [0, 0.1) is 6.92 Å². The highest BCUT2D eigenvalue weighted by molar-refractivity contribution is 6.28. The molecule has 3 rings (SSSR count). The van der Waals surface area contributed by atoms with Gasteiger partial charge in [-0.25, -0.2) is 4.99 Å². The number of carbonyl (C=O) groups is 2. The van der Waals surface area contributed by atoms with Crippen molar-refractivity contribution in [2.75, 3.05) is 19.5 Å². The minimum Gasteiger partial charge on any atom is -0.497 e. The van der Waals surface area contributed by atoms with Crippen molar-refractivity contribution in [3.8, 4) is 11.5 Å². The number of aryl methyl sites for hydroxylation is 1. The maximum absolute atomic E-state index is 12.8. The average molecular weight is 381 g/mol. The molecule has 9 heteroatoms. The number of hydrogen-bond donors (Lipinski definition) is 1. The zero-order valence-corrected chi connectivity index (χ0v) is 15.9. The normalized spacial score (nSPS) is 13.7. The third-order valence-corrected chi connectivity index (χ3v) is 4.08. The molecule has 0 fully saturated rings. The van der Waals surface area contributed by atoms with E-state index in [0.717, 1.165) is 0 Å². The molecule has 0 saturated heterocycles. The van der Waals surface area contributed by atoms with Crippen molar-refractivity contribution in [3.05, 3.63) is 47.7 Å². The van der Waals surface area contributed by atoms with E-state index in [9.17, 15) is 9.59 Å². The van der Waals surface area contributed by atoms with Gasteiger partial charge in [-0.3, -0.25) is 9.59 Å². The Kier molecular flexibility index (Phi) is 5.08. The van der Waals surface area contributed by atoms with Crippen molar-refractivity contribution in [2.24, 2.45) is 9.98 Å². The average Bonchev–Trinajstić information content (AvgIpc) is 3.05. The van der Waals surface area contributed by atoms with Gasteiger partial charge in [0.05, 0.1) is 36.8 Å². The van der Waals surface area contributed by atoms with Crippen LogP contribution in [0.3, 0.4) is 0 Å². The number of aliphatic imine (C=N–C) groups is 2. The summed E-state index contributed by atoms with van der Waals surface area (Å²) in [5, 5.41) is 7.03. The van der Waals surface area contributed by atoms with Crippen LogP contribution in [0.4, 0.5) is 5.82 Å². The summed E-state index contributed by atoms with van der Waals surface area (Å²) in [6, 6.07) is 6.51. The summed E-state index contributed by atoms with van der Waals surface area (Å²) in [5.74, 6) is 0.374. The van der Waals surface area contributed by atoms with Gasteiger partial charge in [-0.05, 0) is 26.0 Å². The molecule has 2 aromatic rings. The lowest BCUT2D eigenvalue weighted by molar-refractivity contribution is -0.113. The number of nitrogens with zero attached hydrogens (tertiary/aromatic N) is 4. The first-order chi connectivity index (χ1) is 13.3. The third-order valence-electron chi connectivity index (χ3n) is 4.08. The zero-order chi connectivity index (χ0) is 20.4. The SMILES string of the molecule is C=C1C(=O)N=C(n2nc(C)cc2NC(=O)c2ccc(OC)cc2OC)N=C1C. The molecule has 2 heterocycles. The minimum atomic E-state index is -0.496. The largest absolute Gasteiger partial charge is 0.497 e. The highest BCUT2D eigenvalue weighted by Crippen LogP contribution is 2.25. The lowest BCUT2D eigenvalue weighted by Gasteiger charge is -2.14. The summed E-state index contributed by atoms with van der Waals surface area (Å²) in [7, 11) is 2.99. The molecule has 0 unspecified atom stereocenters. The maximum atomic E-state index is 12.8.